The molecular weight excluding hydrogens is 323 g/mol. The lowest BCUT2D eigenvalue weighted by molar-refractivity contribution is 0.311. The van der Waals surface area contributed by atoms with Crippen LogP contribution in [0.3, 0.4) is 0 Å². The van der Waals surface area contributed by atoms with Gasteiger partial charge < -0.3 is 15.1 Å². The standard InChI is InChI=1S/C14H16Cl2N6/c1-21-5-7-22(8-6-21)14-19-12(9-17-20-14)18-11-4-2-3-10(15)13(11)16/h2-4,9H,5-8H2,1H3,(H,18,19,20). The normalized spacial score (nSPS) is 15.9. The number of benzene rings is 1. The second kappa shape index (κ2) is 6.64. The highest BCUT2D eigenvalue weighted by molar-refractivity contribution is 6.43. The number of anilines is 3. The molecule has 0 unspecified atom stereocenters. The lowest BCUT2D eigenvalue weighted by Crippen LogP contribution is -2.45. The second-order valence-electron chi connectivity index (χ2n) is 5.16. The Morgan fingerprint density at radius 1 is 1.14 bits per heavy atom. The van der Waals surface area contributed by atoms with Gasteiger partial charge in [0.1, 0.15) is 0 Å². The number of nitrogens with one attached hydrogen (secondary N) is 1. The summed E-state index contributed by atoms with van der Waals surface area (Å²) < 4.78 is 0. The summed E-state index contributed by atoms with van der Waals surface area (Å²) in [5.74, 6) is 1.21. The molecule has 1 aromatic heterocycles. The van der Waals surface area contributed by atoms with Gasteiger partial charge in [-0.1, -0.05) is 29.3 Å². The van der Waals surface area contributed by atoms with Gasteiger partial charge in [0.15, 0.2) is 5.82 Å². The van der Waals surface area contributed by atoms with E-state index in [0.717, 1.165) is 26.2 Å². The van der Waals surface area contributed by atoms with Crippen molar-refractivity contribution in [2.45, 2.75) is 0 Å². The zero-order chi connectivity index (χ0) is 15.5. The number of piperazine rings is 1. The number of hydrogen-bond acceptors (Lipinski definition) is 6. The van der Waals surface area contributed by atoms with Crippen LogP contribution in [-0.2, 0) is 0 Å². The van der Waals surface area contributed by atoms with E-state index in [1.54, 1.807) is 12.3 Å². The molecular formula is C14H16Cl2N6. The first-order valence-electron chi connectivity index (χ1n) is 6.98. The predicted octanol–water partition coefficient (Wildman–Crippen LogP) is 2.67. The molecule has 0 atom stereocenters. The zero-order valence-electron chi connectivity index (χ0n) is 12.1. The summed E-state index contributed by atoms with van der Waals surface area (Å²) in [6.45, 7) is 3.75. The first-order valence-corrected chi connectivity index (χ1v) is 7.73. The largest absolute Gasteiger partial charge is 0.338 e. The number of hydrogen-bond donors (Lipinski definition) is 1. The molecule has 1 aromatic carbocycles. The summed E-state index contributed by atoms with van der Waals surface area (Å²) in [6, 6.07) is 5.40. The van der Waals surface area contributed by atoms with Gasteiger partial charge in [0, 0.05) is 26.2 Å². The van der Waals surface area contributed by atoms with Gasteiger partial charge in [-0.25, -0.2) is 0 Å². The van der Waals surface area contributed by atoms with Gasteiger partial charge in [-0.05, 0) is 19.2 Å². The van der Waals surface area contributed by atoms with Crippen LogP contribution in [0.25, 0.3) is 0 Å². The monoisotopic (exact) mass is 338 g/mol. The van der Waals surface area contributed by atoms with Gasteiger partial charge in [0.2, 0.25) is 5.95 Å². The molecule has 2 aromatic rings. The highest BCUT2D eigenvalue weighted by Crippen LogP contribution is 2.31. The van der Waals surface area contributed by atoms with Gasteiger partial charge in [-0.15, -0.1) is 5.10 Å². The fourth-order valence-electron chi connectivity index (χ4n) is 2.23. The Hall–Kier alpha value is -1.63. The van der Waals surface area contributed by atoms with E-state index in [0.29, 0.717) is 27.5 Å². The van der Waals surface area contributed by atoms with Crippen molar-refractivity contribution in [3.05, 3.63) is 34.4 Å². The highest BCUT2D eigenvalue weighted by atomic mass is 35.5. The molecule has 0 saturated carbocycles. The first kappa shape index (κ1) is 15.3. The van der Waals surface area contributed by atoms with Gasteiger partial charge in [0.25, 0.3) is 0 Å². The van der Waals surface area contributed by atoms with Crippen LogP contribution >= 0.6 is 23.2 Å². The van der Waals surface area contributed by atoms with E-state index in [4.69, 9.17) is 23.2 Å². The van der Waals surface area contributed by atoms with E-state index < -0.39 is 0 Å². The minimum absolute atomic E-state index is 0.462. The van der Waals surface area contributed by atoms with Crippen molar-refractivity contribution in [1.29, 1.82) is 0 Å². The molecule has 0 radical (unpaired) electrons. The van der Waals surface area contributed by atoms with Crippen molar-refractivity contribution < 1.29 is 0 Å². The fraction of sp³-hybridized carbons (Fsp3) is 0.357. The summed E-state index contributed by atoms with van der Waals surface area (Å²) >= 11 is 12.2. The molecule has 22 heavy (non-hydrogen) atoms. The third kappa shape index (κ3) is 3.40. The SMILES string of the molecule is CN1CCN(c2nncc(Nc3cccc(Cl)c3Cl)n2)CC1. The van der Waals surface area contributed by atoms with Gasteiger partial charge in [0.05, 0.1) is 21.9 Å². The van der Waals surface area contributed by atoms with Crippen LogP contribution in [0.15, 0.2) is 24.4 Å². The lowest BCUT2D eigenvalue weighted by atomic mass is 10.3. The quantitative estimate of drug-likeness (QED) is 0.928. The molecule has 1 aliphatic rings. The molecule has 0 spiro atoms. The van der Waals surface area contributed by atoms with Crippen LogP contribution < -0.4 is 10.2 Å². The lowest BCUT2D eigenvalue weighted by Gasteiger charge is -2.32. The van der Waals surface area contributed by atoms with Crippen LogP contribution in [0.4, 0.5) is 17.5 Å². The van der Waals surface area contributed by atoms with Gasteiger partial charge in [-0.3, -0.25) is 0 Å². The summed E-state index contributed by atoms with van der Waals surface area (Å²) in [4.78, 5) is 8.91. The van der Waals surface area contributed by atoms with E-state index in [-0.39, 0.29) is 0 Å². The number of nitrogens with zero attached hydrogens (tertiary/aromatic N) is 5. The van der Waals surface area contributed by atoms with Crippen LogP contribution in [0.2, 0.25) is 10.0 Å². The summed E-state index contributed by atoms with van der Waals surface area (Å²) in [5.41, 5.74) is 0.694. The Kier molecular flexibility index (Phi) is 4.61. The minimum Gasteiger partial charge on any atom is -0.338 e. The summed E-state index contributed by atoms with van der Waals surface area (Å²) in [6.07, 6.45) is 1.57. The van der Waals surface area contributed by atoms with Crippen molar-refractivity contribution >= 4 is 40.7 Å². The summed E-state index contributed by atoms with van der Waals surface area (Å²) in [7, 11) is 2.11. The maximum atomic E-state index is 6.17. The highest BCUT2D eigenvalue weighted by Gasteiger charge is 2.17. The molecule has 1 aliphatic heterocycles. The Balaban J connectivity index is 1.78. The van der Waals surface area contributed by atoms with Crippen molar-refractivity contribution in [3.63, 3.8) is 0 Å². The molecule has 1 fully saturated rings. The Labute approximate surface area is 139 Å². The molecule has 8 heteroatoms. The molecule has 3 rings (SSSR count). The molecule has 116 valence electrons. The molecule has 0 bridgehead atoms. The maximum absolute atomic E-state index is 6.17. The Morgan fingerprint density at radius 2 is 1.91 bits per heavy atom. The fourth-order valence-corrected chi connectivity index (χ4v) is 2.58. The van der Waals surface area contributed by atoms with Crippen LogP contribution in [0, 0.1) is 0 Å². The number of likely N-dealkylation sites (N-methyl/N-ethyl adjacent to an activating group) is 1. The van der Waals surface area contributed by atoms with Crippen molar-refractivity contribution in [2.24, 2.45) is 0 Å². The van der Waals surface area contributed by atoms with E-state index in [2.05, 4.69) is 37.3 Å². The average molecular weight is 339 g/mol. The van der Waals surface area contributed by atoms with Gasteiger partial charge >= 0.3 is 0 Å². The van der Waals surface area contributed by atoms with Crippen LogP contribution in [-0.4, -0.2) is 53.3 Å². The number of rotatable bonds is 3. The van der Waals surface area contributed by atoms with Crippen LogP contribution in [0.1, 0.15) is 0 Å². The average Bonchev–Trinajstić information content (AvgIpc) is 2.53. The second-order valence-corrected chi connectivity index (χ2v) is 5.94. The van der Waals surface area contributed by atoms with E-state index in [9.17, 15) is 0 Å². The maximum Gasteiger partial charge on any atom is 0.247 e. The molecule has 0 amide bonds. The van der Waals surface area contributed by atoms with Crippen molar-refractivity contribution in [2.75, 3.05) is 43.4 Å². The first-order chi connectivity index (χ1) is 10.6. The van der Waals surface area contributed by atoms with Gasteiger partial charge in [-0.2, -0.15) is 10.1 Å². The predicted molar refractivity (Wildman–Crippen MR) is 89.3 cm³/mol. The van der Waals surface area contributed by atoms with E-state index in [1.807, 2.05) is 12.1 Å². The molecule has 1 N–H and O–H groups in total. The Bertz CT molecular complexity index is 658. The molecule has 0 aliphatic carbocycles. The molecule has 6 nitrogen and oxygen atoms in total. The number of halogens is 2. The van der Waals surface area contributed by atoms with E-state index in [1.165, 1.54) is 0 Å². The minimum atomic E-state index is 0.462. The van der Waals surface area contributed by atoms with Crippen molar-refractivity contribution in [3.8, 4) is 0 Å². The van der Waals surface area contributed by atoms with Crippen molar-refractivity contribution in [1.82, 2.24) is 20.1 Å². The topological polar surface area (TPSA) is 57.2 Å². The third-order valence-electron chi connectivity index (χ3n) is 3.55. The third-order valence-corrected chi connectivity index (χ3v) is 4.37. The Morgan fingerprint density at radius 3 is 2.68 bits per heavy atom. The zero-order valence-corrected chi connectivity index (χ0v) is 13.6. The smallest absolute Gasteiger partial charge is 0.247 e. The summed E-state index contributed by atoms with van der Waals surface area (Å²) in [5, 5.41) is 12.2. The van der Waals surface area contributed by atoms with E-state index >= 15 is 0 Å². The molecule has 1 saturated heterocycles. The molecule has 2 heterocycles. The number of aromatic nitrogens is 3. The van der Waals surface area contributed by atoms with Crippen LogP contribution in [0.5, 0.6) is 0 Å².